The predicted molar refractivity (Wildman–Crippen MR) is 94.2 cm³/mol. The molecule has 1 saturated heterocycles. The summed E-state index contributed by atoms with van der Waals surface area (Å²) < 4.78 is 1.76. The summed E-state index contributed by atoms with van der Waals surface area (Å²) in [5, 5.41) is 4.80. The maximum absolute atomic E-state index is 12.3. The van der Waals surface area contributed by atoms with Crippen LogP contribution in [0, 0.1) is 6.92 Å². The van der Waals surface area contributed by atoms with E-state index in [-0.39, 0.29) is 5.91 Å². The highest BCUT2D eigenvalue weighted by atomic mass is 35.5. The number of hydrogen-bond donors (Lipinski definition) is 0. The van der Waals surface area contributed by atoms with E-state index in [0.717, 1.165) is 44.2 Å². The minimum Gasteiger partial charge on any atom is -0.368 e. The molecule has 0 atom stereocenters. The van der Waals surface area contributed by atoms with Crippen molar-refractivity contribution in [1.82, 2.24) is 19.7 Å². The van der Waals surface area contributed by atoms with Gasteiger partial charge in [-0.05, 0) is 31.0 Å². The van der Waals surface area contributed by atoms with Crippen LogP contribution in [0.15, 0.2) is 30.9 Å². The van der Waals surface area contributed by atoms with Crippen LogP contribution in [0.1, 0.15) is 18.4 Å². The van der Waals surface area contributed by atoms with E-state index in [2.05, 4.69) is 21.9 Å². The molecular weight excluding hydrogens is 326 g/mol. The standard InChI is InChI=1S/C17H22ClN5O/c1-14-4-5-15(18)11-16(14)21-7-9-22(10-8-21)17(24)3-2-6-23-13-19-12-20-23/h4-5,11-13H,2-3,6-10H2,1H3. The monoisotopic (exact) mass is 347 g/mol. The van der Waals surface area contributed by atoms with E-state index < -0.39 is 0 Å². The van der Waals surface area contributed by atoms with Crippen LogP contribution in [0.4, 0.5) is 5.69 Å². The van der Waals surface area contributed by atoms with Crippen molar-refractivity contribution in [2.24, 2.45) is 0 Å². The summed E-state index contributed by atoms with van der Waals surface area (Å²) in [4.78, 5) is 20.5. The van der Waals surface area contributed by atoms with Crippen molar-refractivity contribution in [3.05, 3.63) is 41.4 Å². The fraction of sp³-hybridized carbons (Fsp3) is 0.471. The van der Waals surface area contributed by atoms with E-state index in [1.54, 1.807) is 11.0 Å². The molecule has 2 heterocycles. The highest BCUT2D eigenvalue weighted by Crippen LogP contribution is 2.25. The van der Waals surface area contributed by atoms with Gasteiger partial charge >= 0.3 is 0 Å². The van der Waals surface area contributed by atoms with E-state index in [0.29, 0.717) is 6.42 Å². The number of nitrogens with zero attached hydrogens (tertiary/aromatic N) is 5. The van der Waals surface area contributed by atoms with E-state index in [9.17, 15) is 4.79 Å². The molecule has 7 heteroatoms. The molecule has 1 fully saturated rings. The molecule has 0 spiro atoms. The number of anilines is 1. The van der Waals surface area contributed by atoms with Crippen LogP contribution >= 0.6 is 11.6 Å². The maximum Gasteiger partial charge on any atom is 0.222 e. The first-order valence-electron chi connectivity index (χ1n) is 8.25. The van der Waals surface area contributed by atoms with E-state index in [1.165, 1.54) is 17.6 Å². The lowest BCUT2D eigenvalue weighted by Crippen LogP contribution is -2.49. The number of hydrogen-bond acceptors (Lipinski definition) is 4. The molecule has 0 saturated carbocycles. The first-order chi connectivity index (χ1) is 11.6. The predicted octanol–water partition coefficient (Wildman–Crippen LogP) is 2.37. The number of aromatic nitrogens is 3. The summed E-state index contributed by atoms with van der Waals surface area (Å²) in [6.07, 6.45) is 4.53. The highest BCUT2D eigenvalue weighted by Gasteiger charge is 2.21. The Kier molecular flexibility index (Phi) is 5.35. The molecule has 1 aliphatic heterocycles. The van der Waals surface area contributed by atoms with Crippen molar-refractivity contribution in [1.29, 1.82) is 0 Å². The fourth-order valence-corrected chi connectivity index (χ4v) is 3.18. The summed E-state index contributed by atoms with van der Waals surface area (Å²) in [6, 6.07) is 5.96. The molecule has 0 aliphatic carbocycles. The van der Waals surface area contributed by atoms with Crippen LogP contribution in [0.25, 0.3) is 0 Å². The average molecular weight is 348 g/mol. The van der Waals surface area contributed by atoms with Gasteiger partial charge in [0.1, 0.15) is 12.7 Å². The highest BCUT2D eigenvalue weighted by molar-refractivity contribution is 6.30. The van der Waals surface area contributed by atoms with Crippen molar-refractivity contribution < 1.29 is 4.79 Å². The molecule has 6 nitrogen and oxygen atoms in total. The SMILES string of the molecule is Cc1ccc(Cl)cc1N1CCN(C(=O)CCCn2cncn2)CC1. The van der Waals surface area contributed by atoms with Crippen molar-refractivity contribution in [3.63, 3.8) is 0 Å². The molecule has 0 N–H and O–H groups in total. The van der Waals surface area contributed by atoms with Crippen molar-refractivity contribution in [3.8, 4) is 0 Å². The third kappa shape index (κ3) is 4.06. The Balaban J connectivity index is 1.47. The number of amides is 1. The van der Waals surface area contributed by atoms with Gasteiger partial charge in [0.2, 0.25) is 5.91 Å². The molecule has 2 aromatic rings. The normalized spacial score (nSPS) is 14.9. The van der Waals surface area contributed by atoms with Gasteiger partial charge in [0.05, 0.1) is 0 Å². The smallest absolute Gasteiger partial charge is 0.222 e. The number of rotatable bonds is 5. The molecule has 0 bridgehead atoms. The van der Waals surface area contributed by atoms with Gasteiger partial charge in [0, 0.05) is 49.9 Å². The third-order valence-electron chi connectivity index (χ3n) is 4.39. The van der Waals surface area contributed by atoms with Gasteiger partial charge in [-0.25, -0.2) is 4.98 Å². The summed E-state index contributed by atoms with van der Waals surface area (Å²) in [5.74, 6) is 0.220. The molecule has 0 radical (unpaired) electrons. The van der Waals surface area contributed by atoms with E-state index >= 15 is 0 Å². The van der Waals surface area contributed by atoms with Crippen molar-refractivity contribution in [2.75, 3.05) is 31.1 Å². The molecule has 1 aromatic carbocycles. The number of halogens is 1. The minimum atomic E-state index is 0.220. The third-order valence-corrected chi connectivity index (χ3v) is 4.62. The maximum atomic E-state index is 12.3. The molecule has 24 heavy (non-hydrogen) atoms. The molecule has 1 aliphatic rings. The molecule has 1 amide bonds. The van der Waals surface area contributed by atoms with Crippen LogP contribution in [0.3, 0.4) is 0 Å². The Bertz CT molecular complexity index is 680. The van der Waals surface area contributed by atoms with Crippen molar-refractivity contribution in [2.45, 2.75) is 26.3 Å². The topological polar surface area (TPSA) is 54.3 Å². The van der Waals surface area contributed by atoms with Crippen LogP contribution in [0.2, 0.25) is 5.02 Å². The fourth-order valence-electron chi connectivity index (χ4n) is 3.02. The van der Waals surface area contributed by atoms with Gasteiger partial charge in [-0.1, -0.05) is 17.7 Å². The van der Waals surface area contributed by atoms with E-state index in [1.807, 2.05) is 23.1 Å². The van der Waals surface area contributed by atoms with Gasteiger partial charge < -0.3 is 9.80 Å². The second-order valence-corrected chi connectivity index (χ2v) is 6.50. The molecule has 128 valence electrons. The summed E-state index contributed by atoms with van der Waals surface area (Å²) in [7, 11) is 0. The average Bonchev–Trinajstić information content (AvgIpc) is 3.10. The summed E-state index contributed by atoms with van der Waals surface area (Å²) in [6.45, 7) is 6.02. The van der Waals surface area contributed by atoms with Gasteiger partial charge in [-0.2, -0.15) is 5.10 Å². The zero-order valence-electron chi connectivity index (χ0n) is 13.9. The Hall–Kier alpha value is -2.08. The Labute approximate surface area is 147 Å². The number of piperazine rings is 1. The Morgan fingerprint density at radius 3 is 2.75 bits per heavy atom. The van der Waals surface area contributed by atoms with Crippen molar-refractivity contribution >= 4 is 23.2 Å². The Morgan fingerprint density at radius 1 is 1.25 bits per heavy atom. The second kappa shape index (κ2) is 7.66. The zero-order chi connectivity index (χ0) is 16.9. The zero-order valence-corrected chi connectivity index (χ0v) is 14.6. The van der Waals surface area contributed by atoms with Gasteiger partial charge in [0.15, 0.2) is 0 Å². The quantitative estimate of drug-likeness (QED) is 0.833. The molecule has 0 unspecified atom stereocenters. The number of benzene rings is 1. The molecular formula is C17H22ClN5O. The number of aryl methyl sites for hydroxylation is 2. The first kappa shape index (κ1) is 16.8. The van der Waals surface area contributed by atoms with Gasteiger partial charge in [0.25, 0.3) is 0 Å². The molecule has 3 rings (SSSR count). The summed E-state index contributed by atoms with van der Waals surface area (Å²) >= 11 is 6.11. The van der Waals surface area contributed by atoms with Crippen LogP contribution in [-0.2, 0) is 11.3 Å². The van der Waals surface area contributed by atoms with Gasteiger partial charge in [-0.3, -0.25) is 9.48 Å². The lowest BCUT2D eigenvalue weighted by Gasteiger charge is -2.37. The first-order valence-corrected chi connectivity index (χ1v) is 8.62. The summed E-state index contributed by atoms with van der Waals surface area (Å²) in [5.41, 5.74) is 2.38. The van der Waals surface area contributed by atoms with Crippen LogP contribution < -0.4 is 4.90 Å². The number of carbonyl (C=O) groups excluding carboxylic acids is 1. The van der Waals surface area contributed by atoms with E-state index in [4.69, 9.17) is 11.6 Å². The van der Waals surface area contributed by atoms with Crippen LogP contribution in [0.5, 0.6) is 0 Å². The lowest BCUT2D eigenvalue weighted by atomic mass is 10.1. The van der Waals surface area contributed by atoms with Crippen LogP contribution in [-0.4, -0.2) is 51.8 Å². The largest absolute Gasteiger partial charge is 0.368 e. The molecule has 1 aromatic heterocycles. The lowest BCUT2D eigenvalue weighted by molar-refractivity contribution is -0.131. The Morgan fingerprint density at radius 2 is 2.04 bits per heavy atom. The number of carbonyl (C=O) groups is 1. The van der Waals surface area contributed by atoms with Gasteiger partial charge in [-0.15, -0.1) is 0 Å². The second-order valence-electron chi connectivity index (χ2n) is 6.06. The minimum absolute atomic E-state index is 0.220.